The number of sulfonamides is 1. The van der Waals surface area contributed by atoms with E-state index in [-0.39, 0.29) is 23.8 Å². The minimum Gasteiger partial charge on any atom is -0.467 e. The summed E-state index contributed by atoms with van der Waals surface area (Å²) in [6, 6.07) is 9.14. The van der Waals surface area contributed by atoms with Crippen LogP contribution >= 0.6 is 11.3 Å². The maximum Gasteiger partial charge on any atom is 0.274 e. The van der Waals surface area contributed by atoms with Crippen LogP contribution in [0.2, 0.25) is 0 Å². The molecule has 4 heterocycles. The van der Waals surface area contributed by atoms with E-state index in [0.29, 0.717) is 50.3 Å². The van der Waals surface area contributed by atoms with E-state index in [0.717, 1.165) is 35.7 Å². The summed E-state index contributed by atoms with van der Waals surface area (Å²) in [6.07, 6.45) is 3.01. The van der Waals surface area contributed by atoms with Crippen molar-refractivity contribution in [1.29, 1.82) is 0 Å². The number of pyridine rings is 1. The molecular weight excluding hydrogens is 572 g/mol. The van der Waals surface area contributed by atoms with Crippen molar-refractivity contribution in [3.05, 3.63) is 42.1 Å². The van der Waals surface area contributed by atoms with Gasteiger partial charge in [-0.3, -0.25) is 0 Å². The van der Waals surface area contributed by atoms with Crippen LogP contribution in [0.1, 0.15) is 45.6 Å². The Morgan fingerprint density at radius 3 is 2.34 bits per heavy atom. The van der Waals surface area contributed by atoms with E-state index in [4.69, 9.17) is 4.74 Å². The number of piperazine rings is 1. The van der Waals surface area contributed by atoms with Gasteiger partial charge in [0.15, 0.2) is 0 Å². The van der Waals surface area contributed by atoms with Gasteiger partial charge in [-0.15, -0.1) is 0 Å². The molecule has 3 aromatic rings. The quantitative estimate of drug-likeness (QED) is 0.380. The maximum absolute atomic E-state index is 13.5. The Kier molecular flexibility index (Phi) is 8.44. The van der Waals surface area contributed by atoms with E-state index in [1.54, 1.807) is 19.9 Å². The molecule has 2 fully saturated rings. The van der Waals surface area contributed by atoms with Gasteiger partial charge in [-0.05, 0) is 50.6 Å². The number of aromatic nitrogens is 2. The number of hydrogen-bond acceptors (Lipinski definition) is 9. The Morgan fingerprint density at radius 1 is 1.02 bits per heavy atom. The van der Waals surface area contributed by atoms with Crippen molar-refractivity contribution in [3.8, 4) is 5.19 Å². The summed E-state index contributed by atoms with van der Waals surface area (Å²) in [6.45, 7) is 7.54. The highest BCUT2D eigenvalue weighted by Crippen LogP contribution is 2.34. The largest absolute Gasteiger partial charge is 0.467 e. The van der Waals surface area contributed by atoms with Crippen LogP contribution in [-0.4, -0.2) is 84.5 Å². The van der Waals surface area contributed by atoms with Gasteiger partial charge >= 0.3 is 0 Å². The Hall–Kier alpha value is -2.61. The first-order valence-corrected chi connectivity index (χ1v) is 16.3. The lowest BCUT2D eigenvalue weighted by Crippen LogP contribution is -2.49. The molecule has 2 aromatic heterocycles. The number of fused-ring (bicyclic) bond motifs is 1. The van der Waals surface area contributed by atoms with Crippen molar-refractivity contribution in [2.24, 2.45) is 0 Å². The maximum atomic E-state index is 13.5. The van der Waals surface area contributed by atoms with Gasteiger partial charge in [-0.2, -0.15) is 4.31 Å². The number of hydrogen-bond donors (Lipinski definition) is 1. The predicted molar refractivity (Wildman–Crippen MR) is 158 cm³/mol. The molecule has 0 amide bonds. The second kappa shape index (κ2) is 11.6. The highest BCUT2D eigenvalue weighted by atomic mass is 32.2. The van der Waals surface area contributed by atoms with Crippen LogP contribution in [0.3, 0.4) is 0 Å². The molecule has 2 saturated heterocycles. The zero-order valence-corrected chi connectivity index (χ0v) is 25.2. The highest BCUT2D eigenvalue weighted by Gasteiger charge is 2.29. The highest BCUT2D eigenvalue weighted by molar-refractivity contribution is 7.89. The number of rotatable bonds is 9. The van der Waals surface area contributed by atoms with Gasteiger partial charge in [0.1, 0.15) is 11.9 Å². The van der Waals surface area contributed by atoms with Gasteiger partial charge in [0, 0.05) is 76.5 Å². The van der Waals surface area contributed by atoms with Gasteiger partial charge in [0.2, 0.25) is 10.0 Å². The van der Waals surface area contributed by atoms with E-state index < -0.39 is 21.5 Å². The molecule has 0 unspecified atom stereocenters. The van der Waals surface area contributed by atoms with Crippen molar-refractivity contribution >= 4 is 43.1 Å². The minimum absolute atomic E-state index is 0.0111. The molecule has 2 aliphatic rings. The lowest BCUT2D eigenvalue weighted by Gasteiger charge is -2.35. The van der Waals surface area contributed by atoms with E-state index in [9.17, 15) is 22.3 Å². The molecule has 0 spiro atoms. The summed E-state index contributed by atoms with van der Waals surface area (Å²) >= 11 is 1.50. The van der Waals surface area contributed by atoms with Gasteiger partial charge in [-0.1, -0.05) is 11.3 Å². The number of thiazole rings is 1. The summed E-state index contributed by atoms with van der Waals surface area (Å²) in [7, 11) is -3.41. The standard InChI is InChI=1S/C28H37F2N5O4S2/c1-27(2,36)10-17-41(37,38)35-15-13-33(14-16-35)21-5-6-23-24(18-21)40-26(32-23)39-22-8-11-34(12-9-22)25-7-4-20(19-31-25)28(3,29)30/h4-7,18-19,22,36H,8-17H2,1-3H3. The first kappa shape index (κ1) is 29.9. The SMILES string of the molecule is CC(C)(O)CCS(=O)(=O)N1CCN(c2ccc3nc(OC4CCN(c5ccc(C(C)(F)F)cn5)CC4)sc3c2)CC1. The number of alkyl halides is 2. The Labute approximate surface area is 243 Å². The average molecular weight is 610 g/mol. The van der Waals surface area contributed by atoms with Crippen LogP contribution in [0.15, 0.2) is 36.5 Å². The smallest absolute Gasteiger partial charge is 0.274 e. The molecule has 9 nitrogen and oxygen atoms in total. The second-order valence-corrected chi connectivity index (χ2v) is 14.6. The molecule has 2 aliphatic heterocycles. The third-order valence-corrected chi connectivity index (χ3v) is 10.4. The number of benzene rings is 1. The Balaban J connectivity index is 1.14. The van der Waals surface area contributed by atoms with Crippen LogP contribution in [0.5, 0.6) is 5.19 Å². The Bertz CT molecular complexity index is 1440. The summed E-state index contributed by atoms with van der Waals surface area (Å²) in [5.74, 6) is -2.27. The molecule has 1 aromatic carbocycles. The number of ether oxygens (including phenoxy) is 1. The molecule has 0 radical (unpaired) electrons. The van der Waals surface area contributed by atoms with Crippen molar-refractivity contribution in [2.75, 3.05) is 54.8 Å². The fraction of sp³-hybridized carbons (Fsp3) is 0.571. The topological polar surface area (TPSA) is 99.1 Å². The lowest BCUT2D eigenvalue weighted by atomic mass is 10.1. The summed E-state index contributed by atoms with van der Waals surface area (Å²) in [5, 5.41) is 10.5. The summed E-state index contributed by atoms with van der Waals surface area (Å²) < 4.78 is 61.1. The van der Waals surface area contributed by atoms with Crippen LogP contribution in [0.25, 0.3) is 10.2 Å². The van der Waals surface area contributed by atoms with Gasteiger partial charge in [0.05, 0.1) is 21.6 Å². The fourth-order valence-corrected chi connectivity index (χ4v) is 7.70. The van der Waals surface area contributed by atoms with Crippen molar-refractivity contribution in [2.45, 2.75) is 57.7 Å². The molecule has 5 rings (SSSR count). The number of nitrogens with zero attached hydrogens (tertiary/aromatic N) is 5. The van der Waals surface area contributed by atoms with Gasteiger partial charge < -0.3 is 19.6 Å². The molecule has 0 saturated carbocycles. The molecule has 1 N–H and O–H groups in total. The monoisotopic (exact) mass is 609 g/mol. The zero-order chi connectivity index (χ0) is 29.4. The van der Waals surface area contributed by atoms with Gasteiger partial charge in [-0.25, -0.2) is 27.2 Å². The first-order valence-electron chi connectivity index (χ1n) is 13.9. The van der Waals surface area contributed by atoms with Gasteiger partial charge in [0.25, 0.3) is 11.1 Å². The molecule has 41 heavy (non-hydrogen) atoms. The number of halogens is 2. The van der Waals surface area contributed by atoms with Crippen LogP contribution in [0, 0.1) is 0 Å². The normalized spacial score (nSPS) is 18.3. The van der Waals surface area contributed by atoms with Crippen molar-refractivity contribution in [1.82, 2.24) is 14.3 Å². The second-order valence-electron chi connectivity index (χ2n) is 11.5. The zero-order valence-electron chi connectivity index (χ0n) is 23.6. The summed E-state index contributed by atoms with van der Waals surface area (Å²) in [4.78, 5) is 13.2. The number of aliphatic hydroxyl groups is 1. The average Bonchev–Trinajstić information content (AvgIpc) is 3.33. The molecular formula is C28H37F2N5O4S2. The molecule has 0 bridgehead atoms. The van der Waals surface area contributed by atoms with E-state index in [2.05, 4.69) is 25.8 Å². The Morgan fingerprint density at radius 2 is 1.73 bits per heavy atom. The molecule has 0 atom stereocenters. The molecule has 224 valence electrons. The van der Waals surface area contributed by atoms with E-state index in [1.165, 1.54) is 27.9 Å². The number of anilines is 2. The minimum atomic E-state index is -3.41. The fourth-order valence-electron chi connectivity index (χ4n) is 5.05. The third kappa shape index (κ3) is 7.43. The molecule has 13 heteroatoms. The lowest BCUT2D eigenvalue weighted by molar-refractivity contribution is 0.0171. The van der Waals surface area contributed by atoms with Crippen LogP contribution in [0.4, 0.5) is 20.3 Å². The van der Waals surface area contributed by atoms with Crippen molar-refractivity contribution in [3.63, 3.8) is 0 Å². The van der Waals surface area contributed by atoms with Crippen molar-refractivity contribution < 1.29 is 27.0 Å². The van der Waals surface area contributed by atoms with Crippen LogP contribution in [-0.2, 0) is 15.9 Å². The van der Waals surface area contributed by atoms with E-state index in [1.807, 2.05) is 12.1 Å². The number of piperidine rings is 1. The first-order chi connectivity index (χ1) is 19.3. The predicted octanol–water partition coefficient (Wildman–Crippen LogP) is 4.46. The summed E-state index contributed by atoms with van der Waals surface area (Å²) in [5.41, 5.74) is 0.777. The molecule has 0 aliphatic carbocycles. The van der Waals surface area contributed by atoms with E-state index >= 15 is 0 Å². The third-order valence-electron chi connectivity index (χ3n) is 7.61. The van der Waals surface area contributed by atoms with Crippen LogP contribution < -0.4 is 14.5 Å².